The van der Waals surface area contributed by atoms with Gasteiger partial charge in [0, 0.05) is 11.6 Å². The molecule has 0 saturated heterocycles. The first-order chi connectivity index (χ1) is 17.5. The van der Waals surface area contributed by atoms with Gasteiger partial charge in [-0.2, -0.15) is 4.31 Å². The van der Waals surface area contributed by atoms with E-state index < -0.39 is 22.0 Å². The summed E-state index contributed by atoms with van der Waals surface area (Å²) < 4.78 is 39.6. The van der Waals surface area contributed by atoms with Crippen LogP contribution in [0, 0.1) is 20.8 Å². The summed E-state index contributed by atoms with van der Waals surface area (Å²) in [6, 6.07) is 15.5. The van der Waals surface area contributed by atoms with Crippen LogP contribution in [0.1, 0.15) is 40.8 Å². The fourth-order valence-electron chi connectivity index (χ4n) is 4.37. The zero-order chi connectivity index (χ0) is 27.3. The van der Waals surface area contributed by atoms with Crippen molar-refractivity contribution in [1.82, 2.24) is 9.62 Å². The first-order valence-corrected chi connectivity index (χ1v) is 13.6. The van der Waals surface area contributed by atoms with E-state index in [4.69, 9.17) is 21.1 Å². The number of hydrogen-bond donors (Lipinski definition) is 1. The van der Waals surface area contributed by atoms with E-state index in [9.17, 15) is 13.2 Å². The highest BCUT2D eigenvalue weighted by Gasteiger charge is 2.30. The number of sulfonamides is 1. The summed E-state index contributed by atoms with van der Waals surface area (Å²) in [6.07, 6.45) is 0. The lowest BCUT2D eigenvalue weighted by Gasteiger charge is -2.25. The molecule has 0 spiro atoms. The summed E-state index contributed by atoms with van der Waals surface area (Å²) in [5.41, 5.74) is 3.76. The molecule has 1 N–H and O–H groups in total. The lowest BCUT2D eigenvalue weighted by atomic mass is 10.1. The maximum Gasteiger partial charge on any atom is 0.244 e. The van der Waals surface area contributed by atoms with Gasteiger partial charge in [-0.3, -0.25) is 4.79 Å². The van der Waals surface area contributed by atoms with Gasteiger partial charge in [0.2, 0.25) is 15.9 Å². The molecule has 9 heteroatoms. The highest BCUT2D eigenvalue weighted by molar-refractivity contribution is 7.89. The van der Waals surface area contributed by atoms with Crippen molar-refractivity contribution in [2.45, 2.75) is 45.2 Å². The molecular weight excluding hydrogens is 512 g/mol. The van der Waals surface area contributed by atoms with Gasteiger partial charge >= 0.3 is 0 Å². The monoisotopic (exact) mass is 544 g/mol. The average Bonchev–Trinajstić information content (AvgIpc) is 2.83. The number of ether oxygens (including phenoxy) is 2. The molecule has 198 valence electrons. The van der Waals surface area contributed by atoms with Gasteiger partial charge in [-0.15, -0.1) is 0 Å². The first-order valence-electron chi connectivity index (χ1n) is 11.8. The van der Waals surface area contributed by atoms with Crippen molar-refractivity contribution in [2.24, 2.45) is 0 Å². The molecule has 0 radical (unpaired) electrons. The number of halogens is 1. The molecule has 1 atom stereocenters. The lowest BCUT2D eigenvalue weighted by Crippen LogP contribution is -2.41. The molecule has 1 amide bonds. The van der Waals surface area contributed by atoms with E-state index in [1.54, 1.807) is 64.5 Å². The SMILES string of the molecule is COc1ccc(C(C)NC(=O)CN(Cc2ccc(Cl)cc2)S(=O)(=O)c2c(C)cc(C)cc2C)cc1OC. The molecule has 3 aromatic carbocycles. The van der Waals surface area contributed by atoms with Gasteiger partial charge in [0.1, 0.15) is 0 Å². The Morgan fingerprint density at radius 2 is 1.54 bits per heavy atom. The number of methoxy groups -OCH3 is 2. The van der Waals surface area contributed by atoms with E-state index in [-0.39, 0.29) is 18.0 Å². The zero-order valence-corrected chi connectivity index (χ0v) is 23.5. The molecule has 37 heavy (non-hydrogen) atoms. The summed E-state index contributed by atoms with van der Waals surface area (Å²) >= 11 is 6.02. The quantitative estimate of drug-likeness (QED) is 0.372. The number of carbonyl (C=O) groups excluding carboxylic acids is 1. The van der Waals surface area contributed by atoms with Crippen LogP contribution >= 0.6 is 11.6 Å². The molecule has 0 saturated carbocycles. The van der Waals surface area contributed by atoms with Gasteiger partial charge in [0.05, 0.1) is 31.7 Å². The van der Waals surface area contributed by atoms with Crippen LogP contribution in [0.5, 0.6) is 11.5 Å². The molecule has 0 aromatic heterocycles. The van der Waals surface area contributed by atoms with Crippen molar-refractivity contribution in [3.63, 3.8) is 0 Å². The van der Waals surface area contributed by atoms with Crippen LogP contribution in [0.3, 0.4) is 0 Å². The molecule has 3 aromatic rings. The standard InChI is InChI=1S/C28H33ClN2O5S/c1-18-13-19(2)28(20(3)14-18)37(33,34)31(16-22-7-10-24(29)11-8-22)17-27(32)30-21(4)23-9-12-25(35-5)26(15-23)36-6/h7-15,21H,16-17H2,1-6H3,(H,30,32). The summed E-state index contributed by atoms with van der Waals surface area (Å²) in [7, 11) is -0.907. The molecule has 0 aliphatic rings. The number of aryl methyl sites for hydroxylation is 3. The number of benzene rings is 3. The fraction of sp³-hybridized carbons (Fsp3) is 0.321. The van der Waals surface area contributed by atoms with Crippen molar-refractivity contribution in [2.75, 3.05) is 20.8 Å². The summed E-state index contributed by atoms with van der Waals surface area (Å²) in [6.45, 7) is 6.95. The highest BCUT2D eigenvalue weighted by atomic mass is 35.5. The van der Waals surface area contributed by atoms with E-state index in [1.807, 2.05) is 32.0 Å². The third-order valence-corrected chi connectivity index (χ3v) is 8.43. The number of nitrogens with one attached hydrogen (secondary N) is 1. The van der Waals surface area contributed by atoms with E-state index in [2.05, 4.69) is 5.32 Å². The van der Waals surface area contributed by atoms with E-state index in [0.717, 1.165) is 16.7 Å². The number of nitrogens with zero attached hydrogens (tertiary/aromatic N) is 1. The molecule has 0 fully saturated rings. The van der Waals surface area contributed by atoms with Gasteiger partial charge in [-0.05, 0) is 74.2 Å². The van der Waals surface area contributed by atoms with Crippen LogP contribution < -0.4 is 14.8 Å². The normalized spacial score (nSPS) is 12.3. The van der Waals surface area contributed by atoms with E-state index >= 15 is 0 Å². The van der Waals surface area contributed by atoms with Gasteiger partial charge in [-0.1, -0.05) is 47.5 Å². The fourth-order valence-corrected chi connectivity index (χ4v) is 6.30. The molecule has 0 aliphatic carbocycles. The van der Waals surface area contributed by atoms with Gasteiger partial charge in [0.25, 0.3) is 0 Å². The second kappa shape index (κ2) is 12.0. The van der Waals surface area contributed by atoms with Crippen LogP contribution in [-0.2, 0) is 21.4 Å². The van der Waals surface area contributed by atoms with Crippen molar-refractivity contribution in [3.05, 3.63) is 87.4 Å². The minimum Gasteiger partial charge on any atom is -0.493 e. The number of rotatable bonds is 10. The number of amides is 1. The van der Waals surface area contributed by atoms with Crippen LogP contribution in [0.15, 0.2) is 59.5 Å². The van der Waals surface area contributed by atoms with E-state index in [1.165, 1.54) is 4.31 Å². The second-order valence-electron chi connectivity index (χ2n) is 9.03. The predicted molar refractivity (Wildman–Crippen MR) is 146 cm³/mol. The third-order valence-electron chi connectivity index (χ3n) is 6.08. The maximum absolute atomic E-state index is 13.9. The van der Waals surface area contributed by atoms with Crippen LogP contribution in [-0.4, -0.2) is 39.4 Å². The smallest absolute Gasteiger partial charge is 0.244 e. The van der Waals surface area contributed by atoms with Crippen molar-refractivity contribution < 1.29 is 22.7 Å². The van der Waals surface area contributed by atoms with Gasteiger partial charge < -0.3 is 14.8 Å². The Morgan fingerprint density at radius 3 is 2.11 bits per heavy atom. The molecule has 0 aliphatic heterocycles. The van der Waals surface area contributed by atoms with Crippen molar-refractivity contribution >= 4 is 27.5 Å². The Balaban J connectivity index is 1.90. The molecule has 7 nitrogen and oxygen atoms in total. The Hall–Kier alpha value is -3.07. The van der Waals surface area contributed by atoms with E-state index in [0.29, 0.717) is 27.6 Å². The van der Waals surface area contributed by atoms with Crippen LogP contribution in [0.2, 0.25) is 5.02 Å². The highest BCUT2D eigenvalue weighted by Crippen LogP contribution is 2.30. The van der Waals surface area contributed by atoms with Crippen LogP contribution in [0.25, 0.3) is 0 Å². The maximum atomic E-state index is 13.9. The van der Waals surface area contributed by atoms with Crippen molar-refractivity contribution in [3.8, 4) is 11.5 Å². The summed E-state index contributed by atoms with van der Waals surface area (Å²) in [4.78, 5) is 13.4. The lowest BCUT2D eigenvalue weighted by molar-refractivity contribution is -0.122. The number of hydrogen-bond acceptors (Lipinski definition) is 5. The molecule has 0 heterocycles. The second-order valence-corrected chi connectivity index (χ2v) is 11.3. The Kier molecular flexibility index (Phi) is 9.23. The Bertz CT molecular complexity index is 1350. The molecular formula is C28H33ClN2O5S. The van der Waals surface area contributed by atoms with Crippen LogP contribution in [0.4, 0.5) is 0 Å². The third kappa shape index (κ3) is 6.83. The minimum atomic E-state index is -4.00. The molecule has 0 bridgehead atoms. The van der Waals surface area contributed by atoms with Gasteiger partial charge in [0.15, 0.2) is 11.5 Å². The Morgan fingerprint density at radius 1 is 0.946 bits per heavy atom. The topological polar surface area (TPSA) is 84.9 Å². The summed E-state index contributed by atoms with van der Waals surface area (Å²) in [5.74, 6) is 0.689. The predicted octanol–water partition coefficient (Wildman–Crippen LogP) is 5.35. The first kappa shape index (κ1) is 28.5. The largest absolute Gasteiger partial charge is 0.493 e. The Labute approximate surface area is 224 Å². The zero-order valence-electron chi connectivity index (χ0n) is 22.0. The average molecular weight is 545 g/mol. The number of carbonyl (C=O) groups is 1. The minimum absolute atomic E-state index is 0.0183. The summed E-state index contributed by atoms with van der Waals surface area (Å²) in [5, 5.41) is 3.46. The molecule has 1 unspecified atom stereocenters. The molecule has 3 rings (SSSR count). The van der Waals surface area contributed by atoms with Crippen molar-refractivity contribution in [1.29, 1.82) is 0 Å². The van der Waals surface area contributed by atoms with Gasteiger partial charge in [-0.25, -0.2) is 8.42 Å².